The number of anilines is 1. The van der Waals surface area contributed by atoms with E-state index in [-0.39, 0.29) is 17.9 Å². The van der Waals surface area contributed by atoms with Crippen molar-refractivity contribution < 1.29 is 9.59 Å². The number of fused-ring (bicyclic) bond motifs is 1. The molecule has 2 heterocycles. The fourth-order valence-corrected chi connectivity index (χ4v) is 4.25. The molecule has 1 aromatic heterocycles. The lowest BCUT2D eigenvalue weighted by atomic mass is 10.1. The highest BCUT2D eigenvalue weighted by Gasteiger charge is 2.28. The number of imidazole rings is 1. The van der Waals surface area contributed by atoms with Gasteiger partial charge in [0.15, 0.2) is 0 Å². The molecule has 1 atom stereocenters. The number of hydrogen-bond donors (Lipinski definition) is 3. The standard InChI is InChI=1S/C26H32N6O2/c1-2-22-26(34)31(14-6-11-27)17-21-15-20(9-10-23(21)30-22)25(33)32(18-24-28-12-13-29-24)16-19-7-4-3-5-8-19/h3-5,7-10,12-13,15,22,30H,2,6,11,14,16-18,27H2,1H3,(H,28,29)/t22-/m0/s1. The van der Waals surface area contributed by atoms with Crippen LogP contribution in [0.4, 0.5) is 5.69 Å². The summed E-state index contributed by atoms with van der Waals surface area (Å²) in [5, 5.41) is 3.37. The molecular weight excluding hydrogens is 428 g/mol. The minimum Gasteiger partial charge on any atom is -0.373 e. The molecule has 0 unspecified atom stereocenters. The first-order valence-electron chi connectivity index (χ1n) is 11.8. The monoisotopic (exact) mass is 460 g/mol. The lowest BCUT2D eigenvalue weighted by Gasteiger charge is -2.24. The van der Waals surface area contributed by atoms with Crippen molar-refractivity contribution in [2.24, 2.45) is 5.73 Å². The molecular formula is C26H32N6O2. The molecule has 0 spiro atoms. The number of carbonyl (C=O) groups excluding carboxylic acids is 2. The molecule has 0 saturated heterocycles. The number of nitrogens with zero attached hydrogens (tertiary/aromatic N) is 3. The number of nitrogens with one attached hydrogen (secondary N) is 2. The van der Waals surface area contributed by atoms with Crippen molar-refractivity contribution in [1.82, 2.24) is 19.8 Å². The van der Waals surface area contributed by atoms with Gasteiger partial charge in [0, 0.05) is 43.3 Å². The van der Waals surface area contributed by atoms with Crippen LogP contribution < -0.4 is 11.1 Å². The molecule has 1 aliphatic heterocycles. The number of rotatable bonds is 9. The van der Waals surface area contributed by atoms with Crippen molar-refractivity contribution in [3.05, 3.63) is 83.4 Å². The zero-order chi connectivity index (χ0) is 23.9. The van der Waals surface area contributed by atoms with Crippen LogP contribution in [0.25, 0.3) is 0 Å². The minimum atomic E-state index is -0.283. The Hall–Kier alpha value is -3.65. The Morgan fingerprint density at radius 2 is 2.03 bits per heavy atom. The summed E-state index contributed by atoms with van der Waals surface area (Å²) < 4.78 is 0. The second kappa shape index (κ2) is 11.0. The van der Waals surface area contributed by atoms with E-state index in [2.05, 4.69) is 15.3 Å². The third-order valence-electron chi connectivity index (χ3n) is 6.09. The second-order valence-electron chi connectivity index (χ2n) is 8.56. The highest BCUT2D eigenvalue weighted by molar-refractivity contribution is 5.95. The summed E-state index contributed by atoms with van der Waals surface area (Å²) in [7, 11) is 0. The first-order valence-corrected chi connectivity index (χ1v) is 11.8. The van der Waals surface area contributed by atoms with Gasteiger partial charge >= 0.3 is 0 Å². The second-order valence-corrected chi connectivity index (χ2v) is 8.56. The number of nitrogens with two attached hydrogens (primary N) is 1. The summed E-state index contributed by atoms with van der Waals surface area (Å²) in [6.07, 6.45) is 4.87. The largest absolute Gasteiger partial charge is 0.373 e. The van der Waals surface area contributed by atoms with Crippen LogP contribution in [0.2, 0.25) is 0 Å². The SMILES string of the molecule is CC[C@@H]1Nc2ccc(C(=O)N(Cc3ccccc3)Cc3ncc[nH]3)cc2CN(CCCN)C1=O. The third kappa shape index (κ3) is 5.46. The molecule has 4 rings (SSSR count). The lowest BCUT2D eigenvalue weighted by molar-refractivity contribution is -0.132. The van der Waals surface area contributed by atoms with E-state index in [0.717, 1.165) is 29.1 Å². The zero-order valence-corrected chi connectivity index (χ0v) is 19.5. The van der Waals surface area contributed by atoms with Gasteiger partial charge in [0.05, 0.1) is 6.54 Å². The van der Waals surface area contributed by atoms with Gasteiger partial charge in [-0.15, -0.1) is 0 Å². The first-order chi connectivity index (χ1) is 16.6. The number of benzene rings is 2. The van der Waals surface area contributed by atoms with E-state index in [9.17, 15) is 9.59 Å². The van der Waals surface area contributed by atoms with Gasteiger partial charge in [0.1, 0.15) is 11.9 Å². The number of amides is 2. The third-order valence-corrected chi connectivity index (χ3v) is 6.09. The maximum absolute atomic E-state index is 13.7. The Bertz CT molecular complexity index is 1100. The number of H-pyrrole nitrogens is 1. The van der Waals surface area contributed by atoms with Crippen LogP contribution in [0.15, 0.2) is 60.9 Å². The van der Waals surface area contributed by atoms with E-state index in [1.165, 1.54) is 0 Å². The van der Waals surface area contributed by atoms with E-state index in [0.29, 0.717) is 44.7 Å². The number of hydrogen-bond acceptors (Lipinski definition) is 5. The van der Waals surface area contributed by atoms with E-state index in [1.54, 1.807) is 17.3 Å². The predicted molar refractivity (Wildman–Crippen MR) is 132 cm³/mol. The van der Waals surface area contributed by atoms with Gasteiger partial charge in [-0.25, -0.2) is 4.98 Å². The van der Waals surface area contributed by atoms with Gasteiger partial charge < -0.3 is 25.8 Å². The fourth-order valence-electron chi connectivity index (χ4n) is 4.25. The van der Waals surface area contributed by atoms with Gasteiger partial charge in [-0.2, -0.15) is 0 Å². The molecule has 0 radical (unpaired) electrons. The predicted octanol–water partition coefficient (Wildman–Crippen LogP) is 3.13. The normalized spacial score (nSPS) is 15.4. The molecule has 34 heavy (non-hydrogen) atoms. The molecule has 0 aliphatic carbocycles. The molecule has 4 N–H and O–H groups in total. The highest BCUT2D eigenvalue weighted by Crippen LogP contribution is 2.26. The Morgan fingerprint density at radius 1 is 1.21 bits per heavy atom. The van der Waals surface area contributed by atoms with Gasteiger partial charge in [-0.3, -0.25) is 9.59 Å². The number of carbonyl (C=O) groups is 2. The Balaban J connectivity index is 1.62. The van der Waals surface area contributed by atoms with E-state index >= 15 is 0 Å². The Labute approximate surface area is 200 Å². The van der Waals surface area contributed by atoms with Crippen molar-refractivity contribution in [3.8, 4) is 0 Å². The Morgan fingerprint density at radius 3 is 2.74 bits per heavy atom. The summed E-state index contributed by atoms with van der Waals surface area (Å²) in [6, 6.07) is 15.3. The summed E-state index contributed by atoms with van der Waals surface area (Å²) in [5.41, 5.74) is 9.16. The summed E-state index contributed by atoms with van der Waals surface area (Å²) in [4.78, 5) is 37.7. The average molecular weight is 461 g/mol. The summed E-state index contributed by atoms with van der Waals surface area (Å²) >= 11 is 0. The summed E-state index contributed by atoms with van der Waals surface area (Å²) in [6.45, 7) is 4.42. The maximum atomic E-state index is 13.7. The highest BCUT2D eigenvalue weighted by atomic mass is 16.2. The van der Waals surface area contributed by atoms with Gasteiger partial charge in [-0.05, 0) is 48.7 Å². The van der Waals surface area contributed by atoms with E-state index < -0.39 is 0 Å². The minimum absolute atomic E-state index is 0.0727. The molecule has 0 fully saturated rings. The quantitative estimate of drug-likeness (QED) is 0.455. The van der Waals surface area contributed by atoms with Crippen molar-refractivity contribution in [2.75, 3.05) is 18.4 Å². The van der Waals surface area contributed by atoms with Crippen molar-refractivity contribution in [1.29, 1.82) is 0 Å². The molecule has 3 aromatic rings. The van der Waals surface area contributed by atoms with E-state index in [1.807, 2.05) is 60.4 Å². The zero-order valence-electron chi connectivity index (χ0n) is 19.5. The molecule has 1 aliphatic rings. The van der Waals surface area contributed by atoms with Crippen LogP contribution in [-0.2, 0) is 24.4 Å². The van der Waals surface area contributed by atoms with Gasteiger partial charge in [0.2, 0.25) is 5.91 Å². The number of aromatic amines is 1. The van der Waals surface area contributed by atoms with Crippen molar-refractivity contribution in [3.63, 3.8) is 0 Å². The topological polar surface area (TPSA) is 107 Å². The molecule has 178 valence electrons. The summed E-state index contributed by atoms with van der Waals surface area (Å²) in [5.74, 6) is 0.716. The van der Waals surface area contributed by atoms with Crippen LogP contribution >= 0.6 is 0 Å². The molecule has 8 nitrogen and oxygen atoms in total. The van der Waals surface area contributed by atoms with Gasteiger partial charge in [0.25, 0.3) is 5.91 Å². The molecule has 0 bridgehead atoms. The smallest absolute Gasteiger partial charge is 0.254 e. The van der Waals surface area contributed by atoms with Crippen molar-refractivity contribution >= 4 is 17.5 Å². The van der Waals surface area contributed by atoms with E-state index in [4.69, 9.17) is 5.73 Å². The van der Waals surface area contributed by atoms with Crippen molar-refractivity contribution in [2.45, 2.75) is 45.4 Å². The maximum Gasteiger partial charge on any atom is 0.254 e. The lowest BCUT2D eigenvalue weighted by Crippen LogP contribution is -2.40. The van der Waals surface area contributed by atoms with Crippen LogP contribution in [0.1, 0.15) is 47.1 Å². The molecule has 2 aromatic carbocycles. The van der Waals surface area contributed by atoms with Crippen LogP contribution in [0.5, 0.6) is 0 Å². The van der Waals surface area contributed by atoms with Crippen LogP contribution in [-0.4, -0.2) is 50.7 Å². The van der Waals surface area contributed by atoms with Crippen LogP contribution in [0, 0.1) is 0 Å². The molecule has 2 amide bonds. The molecule has 0 saturated carbocycles. The first kappa shape index (κ1) is 23.5. The van der Waals surface area contributed by atoms with Gasteiger partial charge in [-0.1, -0.05) is 37.3 Å². The molecule has 8 heteroatoms. The Kier molecular flexibility index (Phi) is 7.59. The fraction of sp³-hybridized carbons (Fsp3) is 0.346. The average Bonchev–Trinajstić information content (AvgIpc) is 3.33. The number of aromatic nitrogens is 2. The van der Waals surface area contributed by atoms with Crippen LogP contribution in [0.3, 0.4) is 0 Å².